The summed E-state index contributed by atoms with van der Waals surface area (Å²) in [4.78, 5) is 15.7. The normalized spacial score (nSPS) is 16.9. The lowest BCUT2D eigenvalue weighted by molar-refractivity contribution is -0.143. The first-order valence-corrected chi connectivity index (χ1v) is 9.81. The van der Waals surface area contributed by atoms with Crippen LogP contribution in [0.5, 0.6) is 0 Å². The zero-order chi connectivity index (χ0) is 19.6. The van der Waals surface area contributed by atoms with Gasteiger partial charge in [0.1, 0.15) is 0 Å². The number of nitrogens with zero attached hydrogens (tertiary/aromatic N) is 2. The minimum atomic E-state index is -0.703. The second-order valence-corrected chi connectivity index (χ2v) is 8.05. The third-order valence-corrected chi connectivity index (χ3v) is 5.79. The van der Waals surface area contributed by atoms with Gasteiger partial charge in [0, 0.05) is 29.8 Å². The molecule has 1 heterocycles. The van der Waals surface area contributed by atoms with E-state index in [-0.39, 0.29) is 12.0 Å². The molecule has 144 valence electrons. The Bertz CT molecular complexity index is 800. The number of carboxylic acids is 1. The van der Waals surface area contributed by atoms with Crippen LogP contribution in [0.25, 0.3) is 0 Å². The number of carbonyl (C=O) groups is 1. The van der Waals surface area contributed by atoms with Gasteiger partial charge in [-0.2, -0.15) is 0 Å². The van der Waals surface area contributed by atoms with Crippen LogP contribution in [0.4, 0.5) is 5.69 Å². The van der Waals surface area contributed by atoms with E-state index in [1.165, 1.54) is 0 Å². The predicted octanol–water partition coefficient (Wildman–Crippen LogP) is 4.95. The van der Waals surface area contributed by atoms with Crippen molar-refractivity contribution >= 4 is 34.9 Å². The zero-order valence-electron chi connectivity index (χ0n) is 15.5. The molecule has 1 unspecified atom stereocenters. The van der Waals surface area contributed by atoms with Gasteiger partial charge in [0.25, 0.3) is 0 Å². The third-order valence-electron chi connectivity index (χ3n) is 5.23. The average Bonchev–Trinajstić information content (AvgIpc) is 2.64. The van der Waals surface area contributed by atoms with Crippen LogP contribution in [0, 0.1) is 5.92 Å². The molecule has 0 aliphatic carbocycles. The smallest absolute Gasteiger partial charge is 0.306 e. The van der Waals surface area contributed by atoms with E-state index in [4.69, 9.17) is 23.2 Å². The van der Waals surface area contributed by atoms with Gasteiger partial charge in [0.05, 0.1) is 12.0 Å². The Hall–Kier alpha value is -1.75. The summed E-state index contributed by atoms with van der Waals surface area (Å²) in [5, 5.41) is 10.5. The number of hydrogen-bond acceptors (Lipinski definition) is 3. The summed E-state index contributed by atoms with van der Waals surface area (Å²) in [6.45, 7) is 1.44. The van der Waals surface area contributed by atoms with Gasteiger partial charge >= 0.3 is 5.97 Å². The number of aliphatic carboxylic acids is 1. The van der Waals surface area contributed by atoms with E-state index in [2.05, 4.69) is 34.1 Å². The number of carboxylic acid groups (broad SMARTS) is 1. The second-order valence-electron chi connectivity index (χ2n) is 7.20. The highest BCUT2D eigenvalue weighted by molar-refractivity contribution is 6.35. The third kappa shape index (κ3) is 4.57. The van der Waals surface area contributed by atoms with Crippen LogP contribution in [0.1, 0.15) is 30.0 Å². The fourth-order valence-electron chi connectivity index (χ4n) is 3.67. The van der Waals surface area contributed by atoms with E-state index in [9.17, 15) is 9.90 Å². The number of hydrogen-bond donors (Lipinski definition) is 1. The van der Waals surface area contributed by atoms with Crippen molar-refractivity contribution < 1.29 is 9.90 Å². The molecule has 0 amide bonds. The molecule has 1 N–H and O–H groups in total. The van der Waals surface area contributed by atoms with Crippen LogP contribution >= 0.6 is 23.2 Å². The van der Waals surface area contributed by atoms with Gasteiger partial charge in [0.15, 0.2) is 0 Å². The topological polar surface area (TPSA) is 43.8 Å². The Kier molecular flexibility index (Phi) is 6.30. The molecule has 1 fully saturated rings. The van der Waals surface area contributed by atoms with Crippen LogP contribution in [0.15, 0.2) is 42.5 Å². The zero-order valence-corrected chi connectivity index (χ0v) is 17.0. The molecular weight excluding hydrogens is 383 g/mol. The molecule has 2 aromatic carbocycles. The van der Waals surface area contributed by atoms with Gasteiger partial charge in [-0.3, -0.25) is 9.69 Å². The van der Waals surface area contributed by atoms with Crippen molar-refractivity contribution in [3.05, 3.63) is 63.6 Å². The Balaban J connectivity index is 1.95. The molecule has 3 rings (SSSR count). The van der Waals surface area contributed by atoms with Crippen LogP contribution in [-0.2, 0) is 4.79 Å². The molecule has 4 nitrogen and oxygen atoms in total. The first-order valence-electron chi connectivity index (χ1n) is 9.06. The largest absolute Gasteiger partial charge is 0.481 e. The minimum absolute atomic E-state index is 0.0271. The molecule has 0 spiro atoms. The fraction of sp³-hybridized carbons (Fsp3) is 0.381. The van der Waals surface area contributed by atoms with Gasteiger partial charge in [-0.15, -0.1) is 0 Å². The maximum absolute atomic E-state index is 11.3. The number of likely N-dealkylation sites (tertiary alicyclic amines) is 1. The fourth-order valence-corrected chi connectivity index (χ4v) is 4.18. The summed E-state index contributed by atoms with van der Waals surface area (Å²) >= 11 is 12.6. The van der Waals surface area contributed by atoms with Gasteiger partial charge in [-0.05, 0) is 61.3 Å². The Morgan fingerprint density at radius 1 is 1.11 bits per heavy atom. The van der Waals surface area contributed by atoms with Crippen LogP contribution in [-0.4, -0.2) is 43.2 Å². The highest BCUT2D eigenvalue weighted by Gasteiger charge is 2.31. The summed E-state index contributed by atoms with van der Waals surface area (Å²) in [6.07, 6.45) is 1.29. The maximum Gasteiger partial charge on any atom is 0.306 e. The molecule has 27 heavy (non-hydrogen) atoms. The molecule has 0 saturated carbocycles. The molecule has 0 aromatic heterocycles. The lowest BCUT2D eigenvalue weighted by Crippen LogP contribution is -2.39. The predicted molar refractivity (Wildman–Crippen MR) is 111 cm³/mol. The molecule has 0 radical (unpaired) electrons. The van der Waals surface area contributed by atoms with E-state index in [1.54, 1.807) is 6.07 Å². The molecular formula is C21H24Cl2N2O2. The van der Waals surface area contributed by atoms with Gasteiger partial charge < -0.3 is 10.0 Å². The van der Waals surface area contributed by atoms with Gasteiger partial charge in [-0.25, -0.2) is 0 Å². The Morgan fingerprint density at radius 3 is 2.26 bits per heavy atom. The molecule has 1 aliphatic rings. The summed E-state index contributed by atoms with van der Waals surface area (Å²) in [5.41, 5.74) is 3.26. The molecule has 1 saturated heterocycles. The van der Waals surface area contributed by atoms with Crippen molar-refractivity contribution in [2.45, 2.75) is 18.9 Å². The minimum Gasteiger partial charge on any atom is -0.481 e. The number of piperidine rings is 1. The van der Waals surface area contributed by atoms with Crippen LogP contribution < -0.4 is 4.90 Å². The molecule has 0 bridgehead atoms. The summed E-state index contributed by atoms with van der Waals surface area (Å²) in [7, 11) is 4.03. The van der Waals surface area contributed by atoms with E-state index in [1.807, 2.05) is 26.2 Å². The van der Waals surface area contributed by atoms with Gasteiger partial charge in [0.2, 0.25) is 0 Å². The highest BCUT2D eigenvalue weighted by Crippen LogP contribution is 2.37. The quantitative estimate of drug-likeness (QED) is 0.762. The first-order chi connectivity index (χ1) is 12.9. The summed E-state index contributed by atoms with van der Waals surface area (Å²) in [5.74, 6) is -0.968. The standard InChI is InChI=1S/C21H24Cl2N2O2/c1-24(2)17-6-3-14(4-7-17)20(18-8-5-16(22)13-19(18)23)25-11-9-15(10-12-25)21(26)27/h3-8,13,15,20H,9-12H2,1-2H3,(H,26,27). The van der Waals surface area contributed by atoms with Gasteiger partial charge in [-0.1, -0.05) is 41.4 Å². The summed E-state index contributed by atoms with van der Waals surface area (Å²) < 4.78 is 0. The summed E-state index contributed by atoms with van der Waals surface area (Å²) in [6, 6.07) is 14.0. The SMILES string of the molecule is CN(C)c1ccc(C(c2ccc(Cl)cc2Cl)N2CCC(C(=O)O)CC2)cc1. The maximum atomic E-state index is 11.3. The van der Waals surface area contributed by atoms with Crippen molar-refractivity contribution in [1.82, 2.24) is 4.90 Å². The molecule has 1 aliphatic heterocycles. The van der Waals surface area contributed by atoms with Crippen molar-refractivity contribution in [2.24, 2.45) is 5.92 Å². The number of benzene rings is 2. The lowest BCUT2D eigenvalue weighted by Gasteiger charge is -2.37. The monoisotopic (exact) mass is 406 g/mol. The van der Waals surface area contributed by atoms with Crippen LogP contribution in [0.2, 0.25) is 10.0 Å². The molecule has 1 atom stereocenters. The molecule has 2 aromatic rings. The molecule has 6 heteroatoms. The number of rotatable bonds is 5. The van der Waals surface area contributed by atoms with E-state index < -0.39 is 5.97 Å². The Labute approximate surface area is 170 Å². The first kappa shape index (κ1) is 20.0. The van der Waals surface area contributed by atoms with E-state index in [0.29, 0.717) is 22.9 Å². The van der Waals surface area contributed by atoms with E-state index in [0.717, 1.165) is 29.9 Å². The van der Waals surface area contributed by atoms with E-state index >= 15 is 0 Å². The highest BCUT2D eigenvalue weighted by atomic mass is 35.5. The van der Waals surface area contributed by atoms with Crippen molar-refractivity contribution in [3.63, 3.8) is 0 Å². The average molecular weight is 407 g/mol. The number of anilines is 1. The second kappa shape index (κ2) is 8.51. The van der Waals surface area contributed by atoms with Crippen molar-refractivity contribution in [1.29, 1.82) is 0 Å². The Morgan fingerprint density at radius 2 is 1.74 bits per heavy atom. The van der Waals surface area contributed by atoms with Crippen molar-refractivity contribution in [2.75, 3.05) is 32.1 Å². The lowest BCUT2D eigenvalue weighted by atomic mass is 9.91. The van der Waals surface area contributed by atoms with Crippen molar-refractivity contribution in [3.8, 4) is 0 Å². The van der Waals surface area contributed by atoms with Crippen LogP contribution in [0.3, 0.4) is 0 Å². The number of halogens is 2.